The van der Waals surface area contributed by atoms with E-state index in [0.717, 1.165) is 5.56 Å². The van der Waals surface area contributed by atoms with Crippen molar-refractivity contribution in [3.8, 4) is 5.75 Å². The zero-order chi connectivity index (χ0) is 24.1. The highest BCUT2D eigenvalue weighted by Gasteiger charge is 2.23. The number of hydrazone groups is 1. The molecule has 0 aliphatic rings. The molecule has 0 radical (unpaired) electrons. The summed E-state index contributed by atoms with van der Waals surface area (Å²) in [5, 5.41) is 15.7. The second-order valence-electron chi connectivity index (χ2n) is 7.45. The lowest BCUT2D eigenvalue weighted by Crippen LogP contribution is -2.29. The average Bonchev–Trinajstić information content (AvgIpc) is 2.85. The van der Waals surface area contributed by atoms with Crippen molar-refractivity contribution in [2.45, 2.75) is 12.5 Å². The number of H-pyrrole nitrogens is 1. The van der Waals surface area contributed by atoms with Crippen LogP contribution in [0.3, 0.4) is 0 Å². The molecule has 0 spiro atoms. The quantitative estimate of drug-likeness (QED) is 0.279. The number of fused-ring (bicyclic) bond motifs is 1. The van der Waals surface area contributed by atoms with Gasteiger partial charge in [0, 0.05) is 5.02 Å². The lowest BCUT2D eigenvalue weighted by atomic mass is 10.0. The Hall–Kier alpha value is -4.01. The molecular formula is C25H21ClN4O4. The van der Waals surface area contributed by atoms with Gasteiger partial charge in [0.05, 0.1) is 24.6 Å². The van der Waals surface area contributed by atoms with Crippen molar-refractivity contribution >= 4 is 34.3 Å². The van der Waals surface area contributed by atoms with Crippen molar-refractivity contribution in [3.63, 3.8) is 0 Å². The van der Waals surface area contributed by atoms with Gasteiger partial charge in [0.2, 0.25) is 5.91 Å². The Labute approximate surface area is 199 Å². The van der Waals surface area contributed by atoms with E-state index in [1.54, 1.807) is 42.5 Å². The highest BCUT2D eigenvalue weighted by molar-refractivity contribution is 6.31. The third kappa shape index (κ3) is 5.31. The van der Waals surface area contributed by atoms with Gasteiger partial charge in [-0.05, 0) is 41.5 Å². The van der Waals surface area contributed by atoms with Gasteiger partial charge in [-0.15, -0.1) is 0 Å². The van der Waals surface area contributed by atoms with Gasteiger partial charge in [0.25, 0.3) is 5.56 Å². The van der Waals surface area contributed by atoms with E-state index in [4.69, 9.17) is 16.3 Å². The number of nitrogens with zero attached hydrogens (tertiary/aromatic N) is 2. The fourth-order valence-corrected chi connectivity index (χ4v) is 3.54. The van der Waals surface area contributed by atoms with Gasteiger partial charge in [0.15, 0.2) is 5.69 Å². The van der Waals surface area contributed by atoms with E-state index in [1.807, 2.05) is 30.3 Å². The van der Waals surface area contributed by atoms with Crippen molar-refractivity contribution in [1.29, 1.82) is 0 Å². The van der Waals surface area contributed by atoms with Crippen LogP contribution in [0.5, 0.6) is 5.75 Å². The van der Waals surface area contributed by atoms with Crippen LogP contribution >= 0.6 is 11.6 Å². The minimum absolute atomic E-state index is 0.0796. The average molecular weight is 477 g/mol. The number of methoxy groups -OCH3 is 1. The molecular weight excluding hydrogens is 456 g/mol. The molecule has 0 fully saturated rings. The standard InChI is InChI=1S/C25H21ClN4O4/c1-34-18-10-7-16(8-11-18)24(32)22(30-29-21(31)13-15-5-3-2-4-6-15)23-25(33)28-20-14-17(26)9-12-19(20)27-23/h2-12,14,24,32H,13H2,1H3,(H,28,33)(H,29,31)/b30-22+/t24-/m1/s1. The zero-order valence-electron chi connectivity index (χ0n) is 18.2. The van der Waals surface area contributed by atoms with E-state index in [1.165, 1.54) is 7.11 Å². The molecule has 0 saturated carbocycles. The highest BCUT2D eigenvalue weighted by Crippen LogP contribution is 2.22. The van der Waals surface area contributed by atoms with E-state index in [2.05, 4.69) is 20.5 Å². The number of carbonyl (C=O) groups excluding carboxylic acids is 1. The highest BCUT2D eigenvalue weighted by atomic mass is 35.5. The molecule has 0 saturated heterocycles. The van der Waals surface area contributed by atoms with Gasteiger partial charge in [0.1, 0.15) is 17.6 Å². The Bertz CT molecular complexity index is 1400. The Kier molecular flexibility index (Phi) is 7.01. The van der Waals surface area contributed by atoms with Crippen LogP contribution in [-0.4, -0.2) is 33.8 Å². The largest absolute Gasteiger partial charge is 0.497 e. The molecule has 1 heterocycles. The van der Waals surface area contributed by atoms with Crippen LogP contribution in [0, 0.1) is 0 Å². The molecule has 0 aliphatic heterocycles. The number of carbonyl (C=O) groups is 1. The van der Waals surface area contributed by atoms with E-state index in [-0.39, 0.29) is 17.8 Å². The molecule has 172 valence electrons. The topological polar surface area (TPSA) is 117 Å². The summed E-state index contributed by atoms with van der Waals surface area (Å²) in [5.41, 5.74) is 3.74. The second kappa shape index (κ2) is 10.3. The summed E-state index contributed by atoms with van der Waals surface area (Å²) < 4.78 is 5.16. The second-order valence-corrected chi connectivity index (χ2v) is 7.88. The summed E-state index contributed by atoms with van der Waals surface area (Å²) in [4.78, 5) is 32.5. The molecule has 1 atom stereocenters. The SMILES string of the molecule is COc1ccc([C@@H](O)/C(=N/NC(=O)Cc2ccccc2)c2nc3ccc(Cl)cc3[nH]c2=O)cc1. The van der Waals surface area contributed by atoms with Crippen LogP contribution in [0.15, 0.2) is 82.7 Å². The molecule has 0 bridgehead atoms. The molecule has 4 aromatic rings. The van der Waals surface area contributed by atoms with Gasteiger partial charge < -0.3 is 14.8 Å². The number of amides is 1. The number of aliphatic hydroxyl groups is 1. The van der Waals surface area contributed by atoms with Crippen molar-refractivity contribution in [3.05, 3.63) is 105 Å². The van der Waals surface area contributed by atoms with Crippen molar-refractivity contribution in [2.24, 2.45) is 5.10 Å². The van der Waals surface area contributed by atoms with Crippen LogP contribution in [0.2, 0.25) is 5.02 Å². The number of benzene rings is 3. The first-order valence-corrected chi connectivity index (χ1v) is 10.7. The fourth-order valence-electron chi connectivity index (χ4n) is 3.36. The number of aliphatic hydroxyl groups excluding tert-OH is 1. The lowest BCUT2D eigenvalue weighted by molar-refractivity contribution is -0.120. The maximum atomic E-state index is 12.9. The molecule has 34 heavy (non-hydrogen) atoms. The number of hydrogen-bond acceptors (Lipinski definition) is 6. The Morgan fingerprint density at radius 3 is 2.59 bits per heavy atom. The maximum Gasteiger partial charge on any atom is 0.276 e. The number of aromatic amines is 1. The number of ether oxygens (including phenoxy) is 1. The first-order chi connectivity index (χ1) is 16.4. The van der Waals surface area contributed by atoms with Gasteiger partial charge in [-0.1, -0.05) is 54.1 Å². The van der Waals surface area contributed by atoms with Gasteiger partial charge in [-0.25, -0.2) is 10.4 Å². The first kappa shape index (κ1) is 23.2. The van der Waals surface area contributed by atoms with Crippen LogP contribution in [0.1, 0.15) is 22.9 Å². The van der Waals surface area contributed by atoms with E-state index in [9.17, 15) is 14.7 Å². The molecule has 9 heteroatoms. The van der Waals surface area contributed by atoms with Crippen LogP contribution in [0.25, 0.3) is 11.0 Å². The minimum atomic E-state index is -1.35. The van der Waals surface area contributed by atoms with Crippen molar-refractivity contribution in [1.82, 2.24) is 15.4 Å². The normalized spacial score (nSPS) is 12.4. The number of hydrogen-bond donors (Lipinski definition) is 3. The van der Waals surface area contributed by atoms with Gasteiger partial charge in [-0.2, -0.15) is 5.10 Å². The van der Waals surface area contributed by atoms with Crippen LogP contribution < -0.4 is 15.7 Å². The predicted octanol–water partition coefficient (Wildman–Crippen LogP) is 3.38. The third-order valence-electron chi connectivity index (χ3n) is 5.10. The van der Waals surface area contributed by atoms with E-state index in [0.29, 0.717) is 27.4 Å². The van der Waals surface area contributed by atoms with Gasteiger partial charge >= 0.3 is 0 Å². The third-order valence-corrected chi connectivity index (χ3v) is 5.33. The minimum Gasteiger partial charge on any atom is -0.497 e. The predicted molar refractivity (Wildman–Crippen MR) is 130 cm³/mol. The maximum absolute atomic E-state index is 12.9. The Morgan fingerprint density at radius 2 is 1.88 bits per heavy atom. The van der Waals surface area contributed by atoms with E-state index >= 15 is 0 Å². The number of nitrogens with one attached hydrogen (secondary N) is 2. The summed E-state index contributed by atoms with van der Waals surface area (Å²) in [5.74, 6) is 0.193. The Morgan fingerprint density at radius 1 is 1.15 bits per heavy atom. The number of halogens is 1. The molecule has 3 N–H and O–H groups in total. The first-order valence-electron chi connectivity index (χ1n) is 10.4. The molecule has 8 nitrogen and oxygen atoms in total. The summed E-state index contributed by atoms with van der Waals surface area (Å²) in [7, 11) is 1.53. The van der Waals surface area contributed by atoms with Crippen molar-refractivity contribution in [2.75, 3.05) is 7.11 Å². The summed E-state index contributed by atoms with van der Waals surface area (Å²) in [6.45, 7) is 0. The molecule has 4 rings (SSSR count). The van der Waals surface area contributed by atoms with Gasteiger partial charge in [-0.3, -0.25) is 9.59 Å². The van der Waals surface area contributed by atoms with Crippen LogP contribution in [0.4, 0.5) is 0 Å². The van der Waals surface area contributed by atoms with Crippen molar-refractivity contribution < 1.29 is 14.6 Å². The molecule has 0 unspecified atom stereocenters. The smallest absolute Gasteiger partial charge is 0.276 e. The summed E-state index contributed by atoms with van der Waals surface area (Å²) in [6, 6.07) is 20.6. The fraction of sp³-hybridized carbons (Fsp3) is 0.120. The number of rotatable bonds is 7. The van der Waals surface area contributed by atoms with E-state index < -0.39 is 17.6 Å². The number of aromatic nitrogens is 2. The molecule has 1 aromatic heterocycles. The molecule has 0 aliphatic carbocycles. The molecule has 3 aromatic carbocycles. The Balaban J connectivity index is 1.72. The lowest BCUT2D eigenvalue weighted by Gasteiger charge is -2.15. The summed E-state index contributed by atoms with van der Waals surface area (Å²) >= 11 is 6.01. The van der Waals surface area contributed by atoms with Crippen LogP contribution in [-0.2, 0) is 11.2 Å². The molecule has 1 amide bonds. The monoisotopic (exact) mass is 476 g/mol. The summed E-state index contributed by atoms with van der Waals surface area (Å²) in [6.07, 6.45) is -1.27. The zero-order valence-corrected chi connectivity index (χ0v) is 18.9.